The van der Waals surface area contributed by atoms with E-state index in [1.165, 1.54) is 0 Å². The van der Waals surface area contributed by atoms with Gasteiger partial charge in [-0.25, -0.2) is 0 Å². The van der Waals surface area contributed by atoms with Crippen LogP contribution in [0.5, 0.6) is 0 Å². The molecule has 1 amide bonds. The lowest BCUT2D eigenvalue weighted by Crippen LogP contribution is -2.46. The largest absolute Gasteiger partial charge is 0.481 e. The van der Waals surface area contributed by atoms with Crippen LogP contribution >= 0.6 is 0 Å². The van der Waals surface area contributed by atoms with Gasteiger partial charge in [-0.2, -0.15) is 0 Å². The number of piperazine rings is 1. The second-order valence-corrected chi connectivity index (χ2v) is 5.17. The van der Waals surface area contributed by atoms with E-state index < -0.39 is 5.97 Å². The van der Waals surface area contributed by atoms with E-state index in [0.29, 0.717) is 12.8 Å². The molecule has 1 aliphatic heterocycles. The molecule has 2 N–H and O–H groups in total. The lowest BCUT2D eigenvalue weighted by Gasteiger charge is -2.27. The number of hydrogen-bond donors (Lipinski definition) is 2. The summed E-state index contributed by atoms with van der Waals surface area (Å²) in [6.45, 7) is 5.32. The Labute approximate surface area is 115 Å². The fraction of sp³-hybridized carbons (Fsp3) is 0.857. The average molecular weight is 270 g/mol. The van der Waals surface area contributed by atoms with Crippen molar-refractivity contribution >= 4 is 11.9 Å². The molecule has 110 valence electrons. The molecule has 0 spiro atoms. The minimum absolute atomic E-state index is 0.219. The second-order valence-electron chi connectivity index (χ2n) is 5.17. The lowest BCUT2D eigenvalue weighted by molar-refractivity contribution is -0.142. The molecule has 1 atom stereocenters. The van der Waals surface area contributed by atoms with E-state index in [0.717, 1.165) is 51.9 Å². The molecular formula is C14H26N2O3. The Morgan fingerprint density at radius 1 is 1.21 bits per heavy atom. The number of rotatable bonds is 8. The first-order valence-corrected chi connectivity index (χ1v) is 7.36. The average Bonchev–Trinajstić information content (AvgIpc) is 2.43. The number of aliphatic carboxylic acids is 1. The summed E-state index contributed by atoms with van der Waals surface area (Å²) in [6.07, 6.45) is 4.74. The van der Waals surface area contributed by atoms with E-state index in [9.17, 15) is 9.59 Å². The SMILES string of the molecule is CCC(CCCCCC(=O)N1CCNCC1)C(=O)O. The van der Waals surface area contributed by atoms with Crippen LogP contribution in [0.15, 0.2) is 0 Å². The predicted octanol–water partition coefficient (Wildman–Crippen LogP) is 1.48. The number of hydrogen-bond acceptors (Lipinski definition) is 3. The van der Waals surface area contributed by atoms with Crippen LogP contribution in [-0.2, 0) is 9.59 Å². The standard InChI is InChI=1S/C14H26N2O3/c1-2-12(14(18)19)6-4-3-5-7-13(17)16-10-8-15-9-11-16/h12,15H,2-11H2,1H3,(H,18,19). The van der Waals surface area contributed by atoms with Crippen molar-refractivity contribution in [2.45, 2.75) is 45.4 Å². The second kappa shape index (κ2) is 8.91. The highest BCUT2D eigenvalue weighted by Gasteiger charge is 2.16. The normalized spacial score (nSPS) is 17.2. The van der Waals surface area contributed by atoms with Crippen LogP contribution in [0, 0.1) is 5.92 Å². The zero-order valence-electron chi connectivity index (χ0n) is 11.9. The monoisotopic (exact) mass is 270 g/mol. The molecule has 19 heavy (non-hydrogen) atoms. The molecule has 0 radical (unpaired) electrons. The van der Waals surface area contributed by atoms with Crippen LogP contribution in [0.25, 0.3) is 0 Å². The van der Waals surface area contributed by atoms with Crippen LogP contribution in [0.3, 0.4) is 0 Å². The third-order valence-electron chi connectivity index (χ3n) is 3.75. The van der Waals surface area contributed by atoms with Crippen LogP contribution in [0.1, 0.15) is 45.4 Å². The number of carboxylic acids is 1. The smallest absolute Gasteiger partial charge is 0.306 e. The zero-order chi connectivity index (χ0) is 14.1. The van der Waals surface area contributed by atoms with Gasteiger partial charge < -0.3 is 15.3 Å². The van der Waals surface area contributed by atoms with Crippen molar-refractivity contribution in [1.82, 2.24) is 10.2 Å². The van der Waals surface area contributed by atoms with E-state index in [1.807, 2.05) is 11.8 Å². The topological polar surface area (TPSA) is 69.6 Å². The molecule has 5 nitrogen and oxygen atoms in total. The van der Waals surface area contributed by atoms with Crippen molar-refractivity contribution in [3.63, 3.8) is 0 Å². The van der Waals surface area contributed by atoms with E-state index >= 15 is 0 Å². The first-order chi connectivity index (χ1) is 9.15. The van der Waals surface area contributed by atoms with Crippen molar-refractivity contribution in [2.24, 2.45) is 5.92 Å². The van der Waals surface area contributed by atoms with Gasteiger partial charge in [-0.1, -0.05) is 19.8 Å². The molecular weight excluding hydrogens is 244 g/mol. The van der Waals surface area contributed by atoms with E-state index in [4.69, 9.17) is 5.11 Å². The Balaban J connectivity index is 2.06. The summed E-state index contributed by atoms with van der Waals surface area (Å²) in [5.41, 5.74) is 0. The Morgan fingerprint density at radius 2 is 1.89 bits per heavy atom. The van der Waals surface area contributed by atoms with Crippen molar-refractivity contribution < 1.29 is 14.7 Å². The summed E-state index contributed by atoms with van der Waals surface area (Å²) >= 11 is 0. The Bertz CT molecular complexity index is 288. The molecule has 1 unspecified atom stereocenters. The van der Waals surface area contributed by atoms with E-state index in [2.05, 4.69) is 5.32 Å². The first kappa shape index (κ1) is 16.0. The number of nitrogens with zero attached hydrogens (tertiary/aromatic N) is 1. The summed E-state index contributed by atoms with van der Waals surface area (Å²) in [5.74, 6) is -0.671. The van der Waals surface area contributed by atoms with Gasteiger partial charge in [0.1, 0.15) is 0 Å². The van der Waals surface area contributed by atoms with Gasteiger partial charge in [0.15, 0.2) is 0 Å². The third kappa shape index (κ3) is 6.05. The maximum Gasteiger partial charge on any atom is 0.306 e. The van der Waals surface area contributed by atoms with Gasteiger partial charge in [-0.15, -0.1) is 0 Å². The van der Waals surface area contributed by atoms with Gasteiger partial charge in [0.2, 0.25) is 5.91 Å². The van der Waals surface area contributed by atoms with Crippen LogP contribution in [0.2, 0.25) is 0 Å². The zero-order valence-corrected chi connectivity index (χ0v) is 11.9. The summed E-state index contributed by atoms with van der Waals surface area (Å²) in [5, 5.41) is 12.1. The van der Waals surface area contributed by atoms with Crippen molar-refractivity contribution in [3.8, 4) is 0 Å². The number of nitrogens with one attached hydrogen (secondary N) is 1. The highest BCUT2D eigenvalue weighted by molar-refractivity contribution is 5.76. The molecule has 0 aromatic carbocycles. The molecule has 0 bridgehead atoms. The summed E-state index contributed by atoms with van der Waals surface area (Å²) in [7, 11) is 0. The van der Waals surface area contributed by atoms with Crippen LogP contribution in [-0.4, -0.2) is 48.1 Å². The first-order valence-electron chi connectivity index (χ1n) is 7.36. The van der Waals surface area contributed by atoms with E-state index in [-0.39, 0.29) is 11.8 Å². The van der Waals surface area contributed by atoms with Crippen molar-refractivity contribution in [1.29, 1.82) is 0 Å². The summed E-state index contributed by atoms with van der Waals surface area (Å²) in [4.78, 5) is 24.6. The Morgan fingerprint density at radius 3 is 2.47 bits per heavy atom. The molecule has 1 heterocycles. The fourth-order valence-electron chi connectivity index (χ4n) is 2.42. The molecule has 0 aromatic rings. The minimum Gasteiger partial charge on any atom is -0.481 e. The minimum atomic E-state index is -0.695. The molecule has 1 rings (SSSR count). The van der Waals surface area contributed by atoms with Gasteiger partial charge in [-0.3, -0.25) is 9.59 Å². The Kier molecular flexibility index (Phi) is 7.48. The van der Waals surface area contributed by atoms with Gasteiger partial charge in [-0.05, 0) is 19.3 Å². The van der Waals surface area contributed by atoms with Crippen LogP contribution in [0.4, 0.5) is 0 Å². The molecule has 1 saturated heterocycles. The van der Waals surface area contributed by atoms with Gasteiger partial charge in [0, 0.05) is 32.6 Å². The molecule has 0 aliphatic carbocycles. The number of carbonyl (C=O) groups excluding carboxylic acids is 1. The summed E-state index contributed by atoms with van der Waals surface area (Å²) < 4.78 is 0. The highest BCUT2D eigenvalue weighted by atomic mass is 16.4. The molecule has 1 aliphatic rings. The number of unbranched alkanes of at least 4 members (excludes halogenated alkanes) is 2. The van der Waals surface area contributed by atoms with Crippen molar-refractivity contribution in [2.75, 3.05) is 26.2 Å². The van der Waals surface area contributed by atoms with Gasteiger partial charge >= 0.3 is 5.97 Å². The Hall–Kier alpha value is -1.10. The predicted molar refractivity (Wildman–Crippen MR) is 74.0 cm³/mol. The maximum atomic E-state index is 11.9. The molecule has 0 aromatic heterocycles. The number of amides is 1. The molecule has 1 fully saturated rings. The number of carboxylic acid groups (broad SMARTS) is 1. The maximum absolute atomic E-state index is 11.9. The molecule has 0 saturated carbocycles. The quantitative estimate of drug-likeness (QED) is 0.655. The molecule has 5 heteroatoms. The summed E-state index contributed by atoms with van der Waals surface area (Å²) in [6, 6.07) is 0. The van der Waals surface area contributed by atoms with Crippen LogP contribution < -0.4 is 5.32 Å². The lowest BCUT2D eigenvalue weighted by atomic mass is 9.98. The van der Waals surface area contributed by atoms with Crippen molar-refractivity contribution in [3.05, 3.63) is 0 Å². The highest BCUT2D eigenvalue weighted by Crippen LogP contribution is 2.14. The third-order valence-corrected chi connectivity index (χ3v) is 3.75. The van der Waals surface area contributed by atoms with Gasteiger partial charge in [0.25, 0.3) is 0 Å². The van der Waals surface area contributed by atoms with E-state index in [1.54, 1.807) is 0 Å². The number of carbonyl (C=O) groups is 2. The van der Waals surface area contributed by atoms with Gasteiger partial charge in [0.05, 0.1) is 5.92 Å². The fourth-order valence-corrected chi connectivity index (χ4v) is 2.42.